The van der Waals surface area contributed by atoms with E-state index in [1.807, 2.05) is 0 Å². The summed E-state index contributed by atoms with van der Waals surface area (Å²) in [6.45, 7) is 4.46. The van der Waals surface area contributed by atoms with Gasteiger partial charge in [-0.25, -0.2) is 4.98 Å². The Kier molecular flexibility index (Phi) is 2.46. The van der Waals surface area contributed by atoms with Gasteiger partial charge in [0.05, 0.1) is 11.9 Å². The minimum atomic E-state index is 0.550. The Balaban J connectivity index is 1.66. The summed E-state index contributed by atoms with van der Waals surface area (Å²) >= 11 is 0. The molecule has 19 heavy (non-hydrogen) atoms. The predicted molar refractivity (Wildman–Crippen MR) is 76.2 cm³/mol. The zero-order valence-corrected chi connectivity index (χ0v) is 11.6. The Morgan fingerprint density at radius 2 is 2.11 bits per heavy atom. The number of hydrogen-bond donors (Lipinski definition) is 0. The number of rotatable bonds is 2. The number of aromatic nitrogens is 2. The second kappa shape index (κ2) is 4.07. The van der Waals surface area contributed by atoms with Crippen molar-refractivity contribution in [3.63, 3.8) is 0 Å². The van der Waals surface area contributed by atoms with Crippen molar-refractivity contribution in [3.8, 4) is 0 Å². The lowest BCUT2D eigenvalue weighted by atomic mass is 9.75. The lowest BCUT2D eigenvalue weighted by Gasteiger charge is -2.46. The maximum Gasteiger partial charge on any atom is 0.139 e. The smallest absolute Gasteiger partial charge is 0.139 e. The molecule has 2 aromatic rings. The highest BCUT2D eigenvalue weighted by Gasteiger charge is 2.45. The molecule has 4 rings (SSSR count). The average molecular weight is 255 g/mol. The van der Waals surface area contributed by atoms with E-state index in [2.05, 4.69) is 45.7 Å². The minimum absolute atomic E-state index is 0.550. The van der Waals surface area contributed by atoms with E-state index in [1.54, 1.807) is 0 Å². The summed E-state index contributed by atoms with van der Waals surface area (Å²) < 4.78 is 2.26. The molecule has 3 nitrogen and oxygen atoms in total. The lowest BCUT2D eigenvalue weighted by molar-refractivity contribution is 0.0483. The molecule has 0 unspecified atom stereocenters. The first-order chi connectivity index (χ1) is 9.28. The van der Waals surface area contributed by atoms with Crippen LogP contribution in [0.15, 0.2) is 24.5 Å². The SMILES string of the molecule is Cc1cccn2c(CN3CCCC34CCC4)cnc12. The standard InChI is InChI=1S/C16H21N3/c1-13-5-2-10-19-14(11-17-15(13)19)12-18-9-4-8-16(18)6-3-7-16/h2,5,10-11H,3-4,6-9,12H2,1H3. The van der Waals surface area contributed by atoms with Crippen LogP contribution in [-0.4, -0.2) is 26.4 Å². The van der Waals surface area contributed by atoms with Crippen LogP contribution in [0.1, 0.15) is 43.4 Å². The first-order valence-electron chi connectivity index (χ1n) is 7.45. The Morgan fingerprint density at radius 1 is 1.26 bits per heavy atom. The second-order valence-corrected chi connectivity index (χ2v) is 6.24. The summed E-state index contributed by atoms with van der Waals surface area (Å²) in [6, 6.07) is 4.26. The largest absolute Gasteiger partial charge is 0.303 e. The zero-order chi connectivity index (χ0) is 12.9. The molecule has 0 atom stereocenters. The van der Waals surface area contributed by atoms with E-state index in [-0.39, 0.29) is 0 Å². The summed E-state index contributed by atoms with van der Waals surface area (Å²) in [5, 5.41) is 0. The van der Waals surface area contributed by atoms with Crippen LogP contribution in [-0.2, 0) is 6.54 Å². The van der Waals surface area contributed by atoms with E-state index in [1.165, 1.54) is 49.9 Å². The third kappa shape index (κ3) is 1.64. The molecule has 100 valence electrons. The van der Waals surface area contributed by atoms with Gasteiger partial charge in [0.25, 0.3) is 0 Å². The van der Waals surface area contributed by atoms with Crippen molar-refractivity contribution in [2.45, 2.75) is 51.1 Å². The van der Waals surface area contributed by atoms with E-state index in [0.717, 1.165) is 12.2 Å². The number of nitrogens with zero attached hydrogens (tertiary/aromatic N) is 3. The molecule has 0 aromatic carbocycles. The number of likely N-dealkylation sites (tertiary alicyclic amines) is 1. The molecular formula is C16H21N3. The fourth-order valence-electron chi connectivity index (χ4n) is 3.91. The van der Waals surface area contributed by atoms with Gasteiger partial charge in [-0.3, -0.25) is 4.90 Å². The molecule has 3 heterocycles. The highest BCUT2D eigenvalue weighted by molar-refractivity contribution is 5.48. The monoisotopic (exact) mass is 255 g/mol. The van der Waals surface area contributed by atoms with Crippen LogP contribution in [0.25, 0.3) is 5.65 Å². The predicted octanol–water partition coefficient (Wildman–Crippen LogP) is 3.16. The molecule has 2 aliphatic rings. The fraction of sp³-hybridized carbons (Fsp3) is 0.562. The first kappa shape index (κ1) is 11.5. The molecule has 0 radical (unpaired) electrons. The maximum atomic E-state index is 4.59. The van der Waals surface area contributed by atoms with E-state index in [4.69, 9.17) is 0 Å². The molecule has 2 fully saturated rings. The fourth-order valence-corrected chi connectivity index (χ4v) is 3.91. The summed E-state index contributed by atoms with van der Waals surface area (Å²) in [4.78, 5) is 7.30. The van der Waals surface area contributed by atoms with Crippen LogP contribution in [0, 0.1) is 6.92 Å². The minimum Gasteiger partial charge on any atom is -0.303 e. The van der Waals surface area contributed by atoms with Gasteiger partial charge in [0.15, 0.2) is 0 Å². The Labute approximate surface area is 114 Å². The van der Waals surface area contributed by atoms with Crippen molar-refractivity contribution < 1.29 is 0 Å². The van der Waals surface area contributed by atoms with Crippen molar-refractivity contribution in [2.75, 3.05) is 6.54 Å². The van der Waals surface area contributed by atoms with E-state index in [9.17, 15) is 0 Å². The summed E-state index contributed by atoms with van der Waals surface area (Å²) in [6.07, 6.45) is 11.2. The highest BCUT2D eigenvalue weighted by atomic mass is 15.2. The van der Waals surface area contributed by atoms with Crippen molar-refractivity contribution in [2.24, 2.45) is 0 Å². The normalized spacial score (nSPS) is 22.2. The van der Waals surface area contributed by atoms with Crippen molar-refractivity contribution >= 4 is 5.65 Å². The Morgan fingerprint density at radius 3 is 2.89 bits per heavy atom. The van der Waals surface area contributed by atoms with Crippen molar-refractivity contribution in [1.82, 2.24) is 14.3 Å². The van der Waals surface area contributed by atoms with Gasteiger partial charge in [-0.1, -0.05) is 6.07 Å². The molecule has 1 saturated carbocycles. The molecule has 0 N–H and O–H groups in total. The van der Waals surface area contributed by atoms with Gasteiger partial charge in [0.1, 0.15) is 5.65 Å². The van der Waals surface area contributed by atoms with Crippen LogP contribution >= 0.6 is 0 Å². The van der Waals surface area contributed by atoms with Crippen LogP contribution < -0.4 is 0 Å². The average Bonchev–Trinajstić information content (AvgIpc) is 2.95. The van der Waals surface area contributed by atoms with Gasteiger partial charge >= 0.3 is 0 Å². The summed E-state index contributed by atoms with van der Waals surface area (Å²) in [5.74, 6) is 0. The number of hydrogen-bond acceptors (Lipinski definition) is 2. The van der Waals surface area contributed by atoms with Gasteiger partial charge in [-0.05, 0) is 57.2 Å². The summed E-state index contributed by atoms with van der Waals surface area (Å²) in [7, 11) is 0. The first-order valence-corrected chi connectivity index (χ1v) is 7.45. The molecule has 3 heteroatoms. The van der Waals surface area contributed by atoms with Crippen LogP contribution in [0.4, 0.5) is 0 Å². The number of fused-ring (bicyclic) bond motifs is 1. The molecule has 1 aliphatic heterocycles. The van der Waals surface area contributed by atoms with Crippen molar-refractivity contribution in [3.05, 3.63) is 35.8 Å². The molecular weight excluding hydrogens is 234 g/mol. The van der Waals surface area contributed by atoms with Gasteiger partial charge in [-0.2, -0.15) is 0 Å². The van der Waals surface area contributed by atoms with Gasteiger partial charge in [-0.15, -0.1) is 0 Å². The maximum absolute atomic E-state index is 4.59. The van der Waals surface area contributed by atoms with Crippen molar-refractivity contribution in [1.29, 1.82) is 0 Å². The van der Waals surface area contributed by atoms with E-state index in [0.29, 0.717) is 5.54 Å². The number of aryl methyl sites for hydroxylation is 1. The third-order valence-corrected chi connectivity index (χ3v) is 5.19. The Bertz CT molecular complexity index is 609. The van der Waals surface area contributed by atoms with Gasteiger partial charge in [0, 0.05) is 18.3 Å². The Hall–Kier alpha value is -1.35. The summed E-state index contributed by atoms with van der Waals surface area (Å²) in [5.41, 5.74) is 4.26. The molecule has 0 amide bonds. The zero-order valence-electron chi connectivity index (χ0n) is 11.6. The van der Waals surface area contributed by atoms with E-state index < -0.39 is 0 Å². The van der Waals surface area contributed by atoms with E-state index >= 15 is 0 Å². The van der Waals surface area contributed by atoms with Gasteiger partial charge in [0.2, 0.25) is 0 Å². The molecule has 1 aliphatic carbocycles. The molecule has 0 bridgehead atoms. The molecule has 1 spiro atoms. The molecule has 2 aromatic heterocycles. The van der Waals surface area contributed by atoms with Crippen LogP contribution in [0.2, 0.25) is 0 Å². The van der Waals surface area contributed by atoms with Crippen LogP contribution in [0.5, 0.6) is 0 Å². The number of pyridine rings is 1. The topological polar surface area (TPSA) is 20.5 Å². The third-order valence-electron chi connectivity index (χ3n) is 5.19. The second-order valence-electron chi connectivity index (χ2n) is 6.24. The lowest BCUT2D eigenvalue weighted by Crippen LogP contribution is -2.48. The van der Waals surface area contributed by atoms with Gasteiger partial charge < -0.3 is 4.40 Å². The quantitative estimate of drug-likeness (QED) is 0.821. The highest BCUT2D eigenvalue weighted by Crippen LogP contribution is 2.45. The molecule has 1 saturated heterocycles. The number of imidazole rings is 1. The van der Waals surface area contributed by atoms with Crippen LogP contribution in [0.3, 0.4) is 0 Å².